The average Bonchev–Trinajstić information content (AvgIpc) is 2.68. The van der Waals surface area contributed by atoms with Crippen LogP contribution in [0.3, 0.4) is 0 Å². The molecule has 1 aromatic heterocycles. The Bertz CT molecular complexity index is 413. The lowest BCUT2D eigenvalue weighted by molar-refractivity contribution is 0.213. The number of amides is 2. The molecule has 0 spiro atoms. The highest BCUT2D eigenvalue weighted by atomic mass is 16.2. The van der Waals surface area contributed by atoms with E-state index >= 15 is 0 Å². The lowest BCUT2D eigenvalue weighted by Gasteiger charge is -2.22. The molecule has 1 aromatic rings. The third-order valence-corrected chi connectivity index (χ3v) is 3.06. The van der Waals surface area contributed by atoms with Gasteiger partial charge in [0.25, 0.3) is 0 Å². The molecule has 98 valence electrons. The minimum atomic E-state index is -0.247. The second-order valence-electron chi connectivity index (χ2n) is 5.44. The van der Waals surface area contributed by atoms with Gasteiger partial charge in [-0.15, -0.1) is 0 Å². The predicted octanol–water partition coefficient (Wildman–Crippen LogP) is 1.28. The maximum atomic E-state index is 11.8. The van der Waals surface area contributed by atoms with Gasteiger partial charge in [-0.1, -0.05) is 6.07 Å². The summed E-state index contributed by atoms with van der Waals surface area (Å²) in [6.45, 7) is 5.28. The van der Waals surface area contributed by atoms with Crippen molar-refractivity contribution in [2.24, 2.45) is 5.73 Å². The van der Waals surface area contributed by atoms with Crippen LogP contribution in [-0.2, 0) is 0 Å². The SMILES string of the molecule is CC(C)(N)CCN1CC(c2ccccn2)NC1=O. The fourth-order valence-electron chi connectivity index (χ4n) is 1.95. The van der Waals surface area contributed by atoms with Crippen LogP contribution in [0.2, 0.25) is 0 Å². The Morgan fingerprint density at radius 3 is 2.94 bits per heavy atom. The summed E-state index contributed by atoms with van der Waals surface area (Å²) in [5, 5.41) is 2.94. The minimum Gasteiger partial charge on any atom is -0.328 e. The molecule has 1 saturated heterocycles. The highest BCUT2D eigenvalue weighted by Crippen LogP contribution is 2.19. The molecule has 1 unspecified atom stereocenters. The molecule has 0 radical (unpaired) electrons. The van der Waals surface area contributed by atoms with E-state index in [4.69, 9.17) is 5.73 Å². The summed E-state index contributed by atoms with van der Waals surface area (Å²) in [6.07, 6.45) is 2.53. The second-order valence-corrected chi connectivity index (χ2v) is 5.44. The van der Waals surface area contributed by atoms with Crippen LogP contribution in [0.4, 0.5) is 4.79 Å². The number of pyridine rings is 1. The molecular weight excluding hydrogens is 228 g/mol. The van der Waals surface area contributed by atoms with Crippen molar-refractivity contribution >= 4 is 6.03 Å². The second kappa shape index (κ2) is 4.94. The van der Waals surface area contributed by atoms with Crippen molar-refractivity contribution in [1.82, 2.24) is 15.2 Å². The highest BCUT2D eigenvalue weighted by molar-refractivity contribution is 5.77. The van der Waals surface area contributed by atoms with Gasteiger partial charge in [0.2, 0.25) is 0 Å². The van der Waals surface area contributed by atoms with Gasteiger partial charge < -0.3 is 16.0 Å². The molecular formula is C13H20N4O. The van der Waals surface area contributed by atoms with Crippen LogP contribution in [0.5, 0.6) is 0 Å². The molecule has 1 aliphatic rings. The Hall–Kier alpha value is -1.62. The van der Waals surface area contributed by atoms with E-state index in [0.717, 1.165) is 12.1 Å². The third kappa shape index (κ3) is 3.20. The fourth-order valence-corrected chi connectivity index (χ4v) is 1.95. The summed E-state index contributed by atoms with van der Waals surface area (Å²) in [5.41, 5.74) is 6.59. The summed E-state index contributed by atoms with van der Waals surface area (Å²) in [5.74, 6) is 0. The zero-order valence-electron chi connectivity index (χ0n) is 10.9. The van der Waals surface area contributed by atoms with E-state index in [1.807, 2.05) is 32.0 Å². The van der Waals surface area contributed by atoms with Crippen LogP contribution in [0.15, 0.2) is 24.4 Å². The monoisotopic (exact) mass is 248 g/mol. The lowest BCUT2D eigenvalue weighted by Crippen LogP contribution is -2.38. The molecule has 18 heavy (non-hydrogen) atoms. The van der Waals surface area contributed by atoms with Gasteiger partial charge in [0.15, 0.2) is 0 Å². The smallest absolute Gasteiger partial charge is 0.318 e. The molecule has 0 aromatic carbocycles. The molecule has 3 N–H and O–H groups in total. The van der Waals surface area contributed by atoms with Gasteiger partial charge in [-0.05, 0) is 32.4 Å². The summed E-state index contributed by atoms with van der Waals surface area (Å²) >= 11 is 0. The molecule has 0 bridgehead atoms. The number of hydrogen-bond donors (Lipinski definition) is 2. The molecule has 1 aliphatic heterocycles. The van der Waals surface area contributed by atoms with E-state index in [2.05, 4.69) is 10.3 Å². The normalized spacial score (nSPS) is 20.1. The molecule has 5 nitrogen and oxygen atoms in total. The van der Waals surface area contributed by atoms with Gasteiger partial charge in [0.05, 0.1) is 11.7 Å². The van der Waals surface area contributed by atoms with Crippen LogP contribution in [0.1, 0.15) is 32.0 Å². The largest absolute Gasteiger partial charge is 0.328 e. The van der Waals surface area contributed by atoms with Crippen molar-refractivity contribution in [2.75, 3.05) is 13.1 Å². The Morgan fingerprint density at radius 1 is 1.56 bits per heavy atom. The Kier molecular flexibility index (Phi) is 3.52. The highest BCUT2D eigenvalue weighted by Gasteiger charge is 2.30. The fraction of sp³-hybridized carbons (Fsp3) is 0.538. The molecule has 0 aliphatic carbocycles. The number of nitrogens with one attached hydrogen (secondary N) is 1. The van der Waals surface area contributed by atoms with Gasteiger partial charge >= 0.3 is 6.03 Å². The van der Waals surface area contributed by atoms with Gasteiger partial charge in [0, 0.05) is 24.8 Å². The minimum absolute atomic E-state index is 0.0143. The third-order valence-electron chi connectivity index (χ3n) is 3.06. The molecule has 0 saturated carbocycles. The number of carbonyl (C=O) groups is 1. The van der Waals surface area contributed by atoms with Crippen LogP contribution in [-0.4, -0.2) is 34.5 Å². The first-order valence-corrected chi connectivity index (χ1v) is 6.21. The number of carbonyl (C=O) groups excluding carboxylic acids is 1. The first-order chi connectivity index (χ1) is 8.46. The van der Waals surface area contributed by atoms with E-state index in [9.17, 15) is 4.79 Å². The Balaban J connectivity index is 1.95. The quantitative estimate of drug-likeness (QED) is 0.843. The zero-order chi connectivity index (χ0) is 13.2. The van der Waals surface area contributed by atoms with E-state index in [1.165, 1.54) is 0 Å². The number of rotatable bonds is 4. The number of hydrogen-bond acceptors (Lipinski definition) is 3. The number of nitrogens with zero attached hydrogens (tertiary/aromatic N) is 2. The van der Waals surface area contributed by atoms with Gasteiger partial charge in [-0.2, -0.15) is 0 Å². The zero-order valence-corrected chi connectivity index (χ0v) is 10.9. The molecule has 1 fully saturated rings. The van der Waals surface area contributed by atoms with Gasteiger partial charge in [0.1, 0.15) is 0 Å². The summed E-state index contributed by atoms with van der Waals surface area (Å²) in [7, 11) is 0. The van der Waals surface area contributed by atoms with Crippen molar-refractivity contribution in [3.05, 3.63) is 30.1 Å². The lowest BCUT2D eigenvalue weighted by atomic mass is 10.0. The van der Waals surface area contributed by atoms with Crippen molar-refractivity contribution in [3.8, 4) is 0 Å². The van der Waals surface area contributed by atoms with E-state index in [-0.39, 0.29) is 17.6 Å². The molecule has 2 heterocycles. The maximum absolute atomic E-state index is 11.8. The van der Waals surface area contributed by atoms with Gasteiger partial charge in [-0.25, -0.2) is 4.79 Å². The molecule has 2 amide bonds. The standard InChI is InChI=1S/C13H20N4O/c1-13(2,14)6-8-17-9-11(16-12(17)18)10-5-3-4-7-15-10/h3-5,7,11H,6,8-9,14H2,1-2H3,(H,16,18). The van der Waals surface area contributed by atoms with Crippen molar-refractivity contribution in [2.45, 2.75) is 31.8 Å². The summed E-state index contributed by atoms with van der Waals surface area (Å²) < 4.78 is 0. The van der Waals surface area contributed by atoms with Crippen molar-refractivity contribution in [1.29, 1.82) is 0 Å². The number of urea groups is 1. The van der Waals surface area contributed by atoms with E-state index in [1.54, 1.807) is 11.1 Å². The van der Waals surface area contributed by atoms with Crippen LogP contribution in [0, 0.1) is 0 Å². The molecule has 1 atom stereocenters. The van der Waals surface area contributed by atoms with Crippen LogP contribution < -0.4 is 11.1 Å². The first kappa shape index (κ1) is 12.8. The summed E-state index contributed by atoms with van der Waals surface area (Å²) in [6, 6.07) is 5.69. The first-order valence-electron chi connectivity index (χ1n) is 6.21. The Morgan fingerprint density at radius 2 is 2.33 bits per heavy atom. The summed E-state index contributed by atoms with van der Waals surface area (Å²) in [4.78, 5) is 17.9. The average molecular weight is 248 g/mol. The Labute approximate surface area is 107 Å². The number of aromatic nitrogens is 1. The van der Waals surface area contributed by atoms with E-state index < -0.39 is 0 Å². The molecule has 5 heteroatoms. The predicted molar refractivity (Wildman–Crippen MR) is 70.0 cm³/mol. The molecule has 2 rings (SSSR count). The van der Waals surface area contributed by atoms with Crippen LogP contribution >= 0.6 is 0 Å². The van der Waals surface area contributed by atoms with E-state index in [0.29, 0.717) is 13.1 Å². The van der Waals surface area contributed by atoms with Crippen LogP contribution in [0.25, 0.3) is 0 Å². The van der Waals surface area contributed by atoms with Crippen molar-refractivity contribution in [3.63, 3.8) is 0 Å². The maximum Gasteiger partial charge on any atom is 0.318 e. The van der Waals surface area contributed by atoms with Crippen molar-refractivity contribution < 1.29 is 4.79 Å². The number of nitrogens with two attached hydrogens (primary N) is 1. The van der Waals surface area contributed by atoms with Gasteiger partial charge in [-0.3, -0.25) is 4.98 Å². The topological polar surface area (TPSA) is 71.2 Å².